The maximum atomic E-state index is 12.3. The number of carbonyl (C=O) groups excluding carboxylic acids is 1. The number of pyridine rings is 1. The standard InChI is InChI=1S/C20H27N3O/c1-15-7-6-8-16(11-15)18-10-9-17(12-21-18)19(24)22-13-20(2,3)14-23(4)5/h6-12H,13-14H2,1-5H3,(H,22,24). The molecule has 4 nitrogen and oxygen atoms in total. The Morgan fingerprint density at radius 3 is 2.54 bits per heavy atom. The van der Waals surface area contributed by atoms with Gasteiger partial charge in [0.1, 0.15) is 0 Å². The van der Waals surface area contributed by atoms with E-state index in [-0.39, 0.29) is 11.3 Å². The van der Waals surface area contributed by atoms with Crippen molar-refractivity contribution in [1.29, 1.82) is 0 Å². The van der Waals surface area contributed by atoms with Gasteiger partial charge in [0, 0.05) is 24.8 Å². The minimum atomic E-state index is -0.0786. The number of nitrogens with zero attached hydrogens (tertiary/aromatic N) is 2. The highest BCUT2D eigenvalue weighted by Gasteiger charge is 2.20. The minimum absolute atomic E-state index is 0.0219. The highest BCUT2D eigenvalue weighted by molar-refractivity contribution is 5.94. The lowest BCUT2D eigenvalue weighted by atomic mass is 9.93. The zero-order chi connectivity index (χ0) is 17.7. The molecule has 0 aliphatic heterocycles. The summed E-state index contributed by atoms with van der Waals surface area (Å²) in [6.07, 6.45) is 1.64. The molecule has 0 spiro atoms. The van der Waals surface area contributed by atoms with Gasteiger partial charge in [-0.15, -0.1) is 0 Å². The molecule has 1 amide bonds. The maximum Gasteiger partial charge on any atom is 0.252 e. The fourth-order valence-electron chi connectivity index (χ4n) is 2.84. The Morgan fingerprint density at radius 2 is 1.96 bits per heavy atom. The van der Waals surface area contributed by atoms with E-state index in [1.54, 1.807) is 6.20 Å². The number of aryl methyl sites for hydroxylation is 1. The van der Waals surface area contributed by atoms with E-state index in [2.05, 4.69) is 48.1 Å². The van der Waals surface area contributed by atoms with E-state index in [1.165, 1.54) is 5.56 Å². The minimum Gasteiger partial charge on any atom is -0.351 e. The summed E-state index contributed by atoms with van der Waals surface area (Å²) in [6, 6.07) is 11.9. The summed E-state index contributed by atoms with van der Waals surface area (Å²) in [5, 5.41) is 3.01. The molecule has 0 saturated heterocycles. The van der Waals surface area contributed by atoms with E-state index in [0.29, 0.717) is 12.1 Å². The van der Waals surface area contributed by atoms with Crippen LogP contribution in [0.25, 0.3) is 11.3 Å². The van der Waals surface area contributed by atoms with Gasteiger partial charge in [-0.3, -0.25) is 9.78 Å². The fraction of sp³-hybridized carbons (Fsp3) is 0.400. The summed E-state index contributed by atoms with van der Waals surface area (Å²) in [6.45, 7) is 7.89. The van der Waals surface area contributed by atoms with Gasteiger partial charge in [-0.05, 0) is 44.6 Å². The average Bonchev–Trinajstić information content (AvgIpc) is 2.52. The Balaban J connectivity index is 2.01. The molecule has 1 N–H and O–H groups in total. The second-order valence-electron chi connectivity index (χ2n) is 7.39. The topological polar surface area (TPSA) is 45.2 Å². The number of rotatable bonds is 6. The number of amides is 1. The van der Waals surface area contributed by atoms with Crippen LogP contribution in [-0.2, 0) is 0 Å². The van der Waals surface area contributed by atoms with Crippen molar-refractivity contribution in [1.82, 2.24) is 15.2 Å². The van der Waals surface area contributed by atoms with Crippen molar-refractivity contribution < 1.29 is 4.79 Å². The van der Waals surface area contributed by atoms with Crippen LogP contribution in [0.5, 0.6) is 0 Å². The van der Waals surface area contributed by atoms with Crippen molar-refractivity contribution in [3.63, 3.8) is 0 Å². The van der Waals surface area contributed by atoms with Gasteiger partial charge in [-0.2, -0.15) is 0 Å². The second kappa shape index (κ2) is 7.58. The first-order valence-corrected chi connectivity index (χ1v) is 8.23. The second-order valence-corrected chi connectivity index (χ2v) is 7.39. The molecule has 2 aromatic rings. The molecule has 1 aromatic heterocycles. The van der Waals surface area contributed by atoms with Gasteiger partial charge in [-0.1, -0.05) is 37.6 Å². The van der Waals surface area contributed by atoms with E-state index in [0.717, 1.165) is 17.8 Å². The molecule has 0 atom stereocenters. The summed E-state index contributed by atoms with van der Waals surface area (Å²) < 4.78 is 0. The van der Waals surface area contributed by atoms with Crippen molar-refractivity contribution >= 4 is 5.91 Å². The van der Waals surface area contributed by atoms with Crippen molar-refractivity contribution in [2.45, 2.75) is 20.8 Å². The molecule has 24 heavy (non-hydrogen) atoms. The van der Waals surface area contributed by atoms with Crippen LogP contribution in [0.2, 0.25) is 0 Å². The van der Waals surface area contributed by atoms with Crippen LogP contribution in [0.15, 0.2) is 42.6 Å². The first kappa shape index (κ1) is 18.1. The quantitative estimate of drug-likeness (QED) is 0.885. The molecule has 0 fully saturated rings. The van der Waals surface area contributed by atoms with Gasteiger partial charge in [0.2, 0.25) is 0 Å². The van der Waals surface area contributed by atoms with Crippen molar-refractivity contribution in [3.8, 4) is 11.3 Å². The van der Waals surface area contributed by atoms with Crippen LogP contribution in [-0.4, -0.2) is 43.0 Å². The van der Waals surface area contributed by atoms with Crippen LogP contribution >= 0.6 is 0 Å². The van der Waals surface area contributed by atoms with E-state index in [9.17, 15) is 4.79 Å². The van der Waals surface area contributed by atoms with E-state index in [4.69, 9.17) is 0 Å². The predicted molar refractivity (Wildman–Crippen MR) is 99.1 cm³/mol. The highest BCUT2D eigenvalue weighted by atomic mass is 16.1. The smallest absolute Gasteiger partial charge is 0.252 e. The van der Waals surface area contributed by atoms with Crippen LogP contribution in [0.1, 0.15) is 29.8 Å². The third-order valence-corrected chi connectivity index (χ3v) is 3.81. The number of carbonyl (C=O) groups is 1. The van der Waals surface area contributed by atoms with E-state index >= 15 is 0 Å². The SMILES string of the molecule is Cc1cccc(-c2ccc(C(=O)NCC(C)(C)CN(C)C)cn2)c1. The largest absolute Gasteiger partial charge is 0.351 e. The van der Waals surface area contributed by atoms with Gasteiger partial charge in [-0.25, -0.2) is 0 Å². The molecular formula is C20H27N3O. The van der Waals surface area contributed by atoms with Crippen molar-refractivity contribution in [2.24, 2.45) is 5.41 Å². The maximum absolute atomic E-state index is 12.3. The summed E-state index contributed by atoms with van der Waals surface area (Å²) in [4.78, 5) is 18.9. The summed E-state index contributed by atoms with van der Waals surface area (Å²) in [5.74, 6) is -0.0786. The lowest BCUT2D eigenvalue weighted by Crippen LogP contribution is -2.40. The van der Waals surface area contributed by atoms with Crippen LogP contribution in [0.4, 0.5) is 0 Å². The van der Waals surface area contributed by atoms with Gasteiger partial charge < -0.3 is 10.2 Å². The number of hydrogen-bond acceptors (Lipinski definition) is 3. The zero-order valence-electron chi connectivity index (χ0n) is 15.3. The molecular weight excluding hydrogens is 298 g/mol. The van der Waals surface area contributed by atoms with E-state index < -0.39 is 0 Å². The molecule has 0 aliphatic rings. The zero-order valence-corrected chi connectivity index (χ0v) is 15.3. The molecule has 2 rings (SSSR count). The predicted octanol–water partition coefficient (Wildman–Crippen LogP) is 3.37. The third kappa shape index (κ3) is 5.17. The summed E-state index contributed by atoms with van der Waals surface area (Å²) in [7, 11) is 4.08. The van der Waals surface area contributed by atoms with Gasteiger partial charge in [0.15, 0.2) is 0 Å². The van der Waals surface area contributed by atoms with Crippen LogP contribution < -0.4 is 5.32 Å². The van der Waals surface area contributed by atoms with Crippen LogP contribution in [0, 0.1) is 12.3 Å². The lowest BCUT2D eigenvalue weighted by molar-refractivity contribution is 0.0929. The average molecular weight is 325 g/mol. The number of nitrogens with one attached hydrogen (secondary N) is 1. The first-order valence-electron chi connectivity index (χ1n) is 8.23. The number of benzene rings is 1. The van der Waals surface area contributed by atoms with Gasteiger partial charge in [0.25, 0.3) is 5.91 Å². The fourth-order valence-corrected chi connectivity index (χ4v) is 2.84. The lowest BCUT2D eigenvalue weighted by Gasteiger charge is -2.28. The Hall–Kier alpha value is -2.20. The molecule has 0 unspecified atom stereocenters. The molecule has 0 saturated carbocycles. The molecule has 4 heteroatoms. The van der Waals surface area contributed by atoms with Crippen molar-refractivity contribution in [3.05, 3.63) is 53.7 Å². The Morgan fingerprint density at radius 1 is 1.21 bits per heavy atom. The molecule has 0 aliphatic carbocycles. The highest BCUT2D eigenvalue weighted by Crippen LogP contribution is 2.18. The monoisotopic (exact) mass is 325 g/mol. The Bertz CT molecular complexity index is 690. The van der Waals surface area contributed by atoms with Crippen molar-refractivity contribution in [2.75, 3.05) is 27.2 Å². The Labute approximate surface area is 144 Å². The Kier molecular flexibility index (Phi) is 5.73. The normalized spacial score (nSPS) is 11.6. The molecule has 128 valence electrons. The van der Waals surface area contributed by atoms with Crippen LogP contribution in [0.3, 0.4) is 0 Å². The van der Waals surface area contributed by atoms with Gasteiger partial charge >= 0.3 is 0 Å². The molecule has 0 radical (unpaired) electrons. The summed E-state index contributed by atoms with van der Waals surface area (Å²) >= 11 is 0. The number of hydrogen-bond donors (Lipinski definition) is 1. The molecule has 1 heterocycles. The van der Waals surface area contributed by atoms with E-state index in [1.807, 2.05) is 38.4 Å². The number of aromatic nitrogens is 1. The summed E-state index contributed by atoms with van der Waals surface area (Å²) in [5.41, 5.74) is 3.75. The first-order chi connectivity index (χ1) is 11.3. The molecule has 0 bridgehead atoms. The molecule has 1 aromatic carbocycles. The van der Waals surface area contributed by atoms with Gasteiger partial charge in [0.05, 0.1) is 11.3 Å². The third-order valence-electron chi connectivity index (χ3n) is 3.81.